The first-order valence-corrected chi connectivity index (χ1v) is 12.7. The first-order valence-electron chi connectivity index (χ1n) is 5.61. The Morgan fingerprint density at radius 1 is 0.435 bits per heavy atom. The minimum absolute atomic E-state index is 0.650. The van der Waals surface area contributed by atoms with Gasteiger partial charge in [-0.1, -0.05) is 0 Å². The smallest absolute Gasteiger partial charge is 0.158 e. The van der Waals surface area contributed by atoms with Gasteiger partial charge in [0.15, 0.2) is 5.75 Å². The zero-order chi connectivity index (χ0) is 17.6. The number of halogens is 9. The summed E-state index contributed by atoms with van der Waals surface area (Å²) in [4.78, 5) is 0. The van der Waals surface area contributed by atoms with Crippen LogP contribution in [0.1, 0.15) is 5.56 Å². The standard InChI is InChI=1S/C13H3Br9O/c1-2-3(14)4(15)6(17)9(20)12(2)23-13-10(21)7(18)5(16)8(19)11(13)22/h1H3. The lowest BCUT2D eigenvalue weighted by Gasteiger charge is -2.19. The molecule has 0 saturated heterocycles. The summed E-state index contributed by atoms with van der Waals surface area (Å²) in [7, 11) is 0. The van der Waals surface area contributed by atoms with Crippen molar-refractivity contribution in [3.63, 3.8) is 0 Å². The van der Waals surface area contributed by atoms with Crippen molar-refractivity contribution in [3.8, 4) is 11.5 Å². The average Bonchev–Trinajstić information content (AvgIpc) is 2.54. The molecule has 0 heterocycles. The van der Waals surface area contributed by atoms with Crippen LogP contribution in [0.3, 0.4) is 0 Å². The lowest BCUT2D eigenvalue weighted by molar-refractivity contribution is 0.467. The Morgan fingerprint density at radius 3 is 1.17 bits per heavy atom. The molecule has 0 spiro atoms. The quantitative estimate of drug-likeness (QED) is 0.216. The van der Waals surface area contributed by atoms with E-state index in [0.29, 0.717) is 11.5 Å². The van der Waals surface area contributed by atoms with Gasteiger partial charge in [0.05, 0.1) is 26.8 Å². The van der Waals surface area contributed by atoms with Crippen LogP contribution in [-0.2, 0) is 0 Å². The Morgan fingerprint density at radius 2 is 0.739 bits per heavy atom. The van der Waals surface area contributed by atoms with Gasteiger partial charge in [0.25, 0.3) is 0 Å². The molecule has 2 rings (SSSR count). The van der Waals surface area contributed by atoms with E-state index >= 15 is 0 Å². The van der Waals surface area contributed by atoms with Gasteiger partial charge in [-0.3, -0.25) is 0 Å². The van der Waals surface area contributed by atoms with Gasteiger partial charge in [-0.25, -0.2) is 0 Å². The highest BCUT2D eigenvalue weighted by Gasteiger charge is 2.23. The fraction of sp³-hybridized carbons (Fsp3) is 0.0769. The van der Waals surface area contributed by atoms with Crippen LogP contribution in [0.2, 0.25) is 0 Å². The Kier molecular flexibility index (Phi) is 8.28. The van der Waals surface area contributed by atoms with E-state index < -0.39 is 0 Å². The van der Waals surface area contributed by atoms with Gasteiger partial charge in [0.1, 0.15) is 5.75 Å². The zero-order valence-corrected chi connectivity index (χ0v) is 25.1. The van der Waals surface area contributed by atoms with E-state index in [4.69, 9.17) is 4.74 Å². The SMILES string of the molecule is Cc1c(Br)c(Br)c(Br)c(Br)c1Oc1c(Br)c(Br)c(Br)c(Br)c1Br. The highest BCUT2D eigenvalue weighted by atomic mass is 79.9. The number of hydrogen-bond donors (Lipinski definition) is 0. The molecule has 1 nitrogen and oxygen atoms in total. The Bertz CT molecular complexity index is 691. The summed E-state index contributed by atoms with van der Waals surface area (Å²) < 4.78 is 13.9. The maximum Gasteiger partial charge on any atom is 0.158 e. The molecule has 0 bridgehead atoms. The van der Waals surface area contributed by atoms with Crippen LogP contribution in [0.25, 0.3) is 0 Å². The molecule has 0 N–H and O–H groups in total. The fourth-order valence-electron chi connectivity index (χ4n) is 1.62. The minimum atomic E-state index is 0.650. The summed E-state index contributed by atoms with van der Waals surface area (Å²) in [6.45, 7) is 1.98. The third-order valence-electron chi connectivity index (χ3n) is 2.82. The van der Waals surface area contributed by atoms with Crippen molar-refractivity contribution in [2.45, 2.75) is 6.92 Å². The molecule has 23 heavy (non-hydrogen) atoms. The largest absolute Gasteiger partial charge is 0.453 e. The van der Waals surface area contributed by atoms with Gasteiger partial charge in [0, 0.05) is 19.0 Å². The van der Waals surface area contributed by atoms with Crippen LogP contribution in [0.5, 0.6) is 11.5 Å². The van der Waals surface area contributed by atoms with Gasteiger partial charge in [0.2, 0.25) is 0 Å². The first kappa shape index (κ1) is 21.9. The van der Waals surface area contributed by atoms with Gasteiger partial charge in [-0.2, -0.15) is 0 Å². The molecular formula is C13H3Br9O. The summed E-state index contributed by atoms with van der Waals surface area (Å²) in [6.07, 6.45) is 0. The van der Waals surface area contributed by atoms with E-state index in [1.54, 1.807) is 0 Å². The number of benzene rings is 2. The monoisotopic (exact) mass is 885 g/mol. The van der Waals surface area contributed by atoms with E-state index in [0.717, 1.165) is 45.8 Å². The van der Waals surface area contributed by atoms with Crippen LogP contribution >= 0.6 is 143 Å². The third kappa shape index (κ3) is 4.20. The van der Waals surface area contributed by atoms with E-state index in [1.807, 2.05) is 6.92 Å². The van der Waals surface area contributed by atoms with E-state index in [-0.39, 0.29) is 0 Å². The number of rotatable bonds is 2. The number of ether oxygens (including phenoxy) is 1. The van der Waals surface area contributed by atoms with Crippen molar-refractivity contribution >= 4 is 143 Å². The molecule has 0 amide bonds. The summed E-state index contributed by atoms with van der Waals surface area (Å²) >= 11 is 32.0. The van der Waals surface area contributed by atoms with Crippen molar-refractivity contribution in [2.75, 3.05) is 0 Å². The molecule has 0 aliphatic carbocycles. The first-order chi connectivity index (χ1) is 10.6. The molecule has 0 unspecified atom stereocenters. The second-order valence-electron chi connectivity index (χ2n) is 4.21. The molecule has 10 heteroatoms. The Hall–Kier alpha value is 2.56. The van der Waals surface area contributed by atoms with Crippen molar-refractivity contribution < 1.29 is 4.74 Å². The molecule has 0 fully saturated rings. The summed E-state index contributed by atoms with van der Waals surface area (Å²) in [5.41, 5.74) is 0.959. The maximum atomic E-state index is 6.23. The predicted molar refractivity (Wildman–Crippen MR) is 127 cm³/mol. The van der Waals surface area contributed by atoms with Crippen molar-refractivity contribution in [3.05, 3.63) is 45.8 Å². The predicted octanol–water partition coefficient (Wildman–Crippen LogP) is 10.6. The maximum absolute atomic E-state index is 6.23. The summed E-state index contributed by atoms with van der Waals surface area (Å²) in [6, 6.07) is 0. The molecule has 124 valence electrons. The van der Waals surface area contributed by atoms with Crippen LogP contribution in [0.4, 0.5) is 0 Å². The molecule has 2 aromatic rings. The van der Waals surface area contributed by atoms with Crippen molar-refractivity contribution in [1.29, 1.82) is 0 Å². The number of hydrogen-bond acceptors (Lipinski definition) is 1. The molecule has 0 atom stereocenters. The fourth-order valence-corrected chi connectivity index (χ4v) is 7.15. The zero-order valence-electron chi connectivity index (χ0n) is 10.8. The average molecular weight is 894 g/mol. The summed E-state index contributed by atoms with van der Waals surface area (Å²) in [5, 5.41) is 0. The molecule has 0 radical (unpaired) electrons. The van der Waals surface area contributed by atoms with Crippen molar-refractivity contribution in [2.24, 2.45) is 0 Å². The van der Waals surface area contributed by atoms with Crippen LogP contribution in [0.15, 0.2) is 40.3 Å². The van der Waals surface area contributed by atoms with Gasteiger partial charge < -0.3 is 4.74 Å². The van der Waals surface area contributed by atoms with Gasteiger partial charge >= 0.3 is 0 Å². The highest BCUT2D eigenvalue weighted by molar-refractivity contribution is 9.16. The summed E-state index contributed by atoms with van der Waals surface area (Å²) in [5.74, 6) is 1.35. The van der Waals surface area contributed by atoms with Crippen LogP contribution < -0.4 is 4.74 Å². The molecule has 0 aliphatic rings. The molecule has 2 aromatic carbocycles. The van der Waals surface area contributed by atoms with Gasteiger partial charge in [-0.05, 0) is 150 Å². The van der Waals surface area contributed by atoms with Crippen molar-refractivity contribution in [1.82, 2.24) is 0 Å². The highest BCUT2D eigenvalue weighted by Crippen LogP contribution is 2.53. The third-order valence-corrected chi connectivity index (χ3v) is 13.8. The lowest BCUT2D eigenvalue weighted by Crippen LogP contribution is -1.96. The molecule has 0 saturated carbocycles. The van der Waals surface area contributed by atoms with E-state index in [2.05, 4.69) is 143 Å². The molecular weight excluding hydrogens is 891 g/mol. The van der Waals surface area contributed by atoms with Gasteiger partial charge in [-0.15, -0.1) is 0 Å². The topological polar surface area (TPSA) is 9.23 Å². The molecule has 0 aromatic heterocycles. The second-order valence-corrected chi connectivity index (χ2v) is 11.3. The normalized spacial score (nSPS) is 11.0. The molecule has 0 aliphatic heterocycles. The van der Waals surface area contributed by atoms with E-state index in [1.165, 1.54) is 0 Å². The second kappa shape index (κ2) is 8.71. The Labute approximate surface area is 209 Å². The Balaban J connectivity index is 2.71. The van der Waals surface area contributed by atoms with Crippen LogP contribution in [-0.4, -0.2) is 0 Å². The lowest BCUT2D eigenvalue weighted by atomic mass is 10.2. The minimum Gasteiger partial charge on any atom is -0.453 e. The van der Waals surface area contributed by atoms with Crippen LogP contribution in [0, 0.1) is 6.92 Å². The van der Waals surface area contributed by atoms with E-state index in [9.17, 15) is 0 Å².